The van der Waals surface area contributed by atoms with Crippen molar-refractivity contribution in [1.29, 1.82) is 0 Å². The highest BCUT2D eigenvalue weighted by molar-refractivity contribution is 5.79. The molecule has 1 aromatic carbocycles. The summed E-state index contributed by atoms with van der Waals surface area (Å²) < 4.78 is 0. The van der Waals surface area contributed by atoms with Gasteiger partial charge in [-0.05, 0) is 12.0 Å². The Balaban J connectivity index is 2.58. The van der Waals surface area contributed by atoms with Crippen LogP contribution in [0.4, 0.5) is 0 Å². The number of hydrogen-bond acceptors (Lipinski definition) is 2. The molecule has 0 saturated carbocycles. The molecule has 1 amide bonds. The molecular weight excluding hydrogens is 152 g/mol. The predicted octanol–water partition coefficient (Wildman–Crippen LogP) is 0.366. The molecule has 0 aliphatic carbocycles. The van der Waals surface area contributed by atoms with Crippen molar-refractivity contribution in [2.45, 2.75) is 12.5 Å². The molecule has 1 rings (SSSR count). The average Bonchev–Trinajstić information content (AvgIpc) is 2.06. The van der Waals surface area contributed by atoms with Crippen molar-refractivity contribution in [2.24, 2.45) is 5.73 Å². The van der Waals surface area contributed by atoms with E-state index in [1.165, 1.54) is 0 Å². The second-order valence-corrected chi connectivity index (χ2v) is 2.66. The van der Waals surface area contributed by atoms with E-state index in [2.05, 4.69) is 0 Å². The maximum atomic E-state index is 10.5. The van der Waals surface area contributed by atoms with Gasteiger partial charge in [0.15, 0.2) is 0 Å². The van der Waals surface area contributed by atoms with E-state index < -0.39 is 11.9 Å². The van der Waals surface area contributed by atoms with Crippen molar-refractivity contribution in [1.82, 2.24) is 5.73 Å². The highest BCUT2D eigenvalue weighted by Crippen LogP contribution is 2.01. The van der Waals surface area contributed by atoms with E-state index in [1.54, 1.807) is 0 Å². The molecule has 3 nitrogen and oxygen atoms in total. The third-order valence-electron chi connectivity index (χ3n) is 1.64. The zero-order chi connectivity index (χ0) is 8.97. The first kappa shape index (κ1) is 8.74. The summed E-state index contributed by atoms with van der Waals surface area (Å²) in [6.45, 7) is 0. The van der Waals surface area contributed by atoms with Gasteiger partial charge in [-0.1, -0.05) is 30.3 Å². The van der Waals surface area contributed by atoms with Gasteiger partial charge >= 0.3 is 0 Å². The van der Waals surface area contributed by atoms with Crippen molar-refractivity contribution in [2.75, 3.05) is 0 Å². The SMILES string of the molecule is [NH]C(=O)C(N)Cc1ccccc1. The van der Waals surface area contributed by atoms with Crippen LogP contribution in [0.15, 0.2) is 30.3 Å². The topological polar surface area (TPSA) is 66.9 Å². The van der Waals surface area contributed by atoms with Gasteiger partial charge in [0.1, 0.15) is 0 Å². The van der Waals surface area contributed by atoms with Gasteiger partial charge < -0.3 is 5.73 Å². The third-order valence-corrected chi connectivity index (χ3v) is 1.64. The van der Waals surface area contributed by atoms with Gasteiger partial charge in [0.05, 0.1) is 6.04 Å². The standard InChI is InChI=1S/C9H11N2O/c10-8(9(11)12)6-7-4-2-1-3-5-7/h1-5,8,11H,6,10H2. The zero-order valence-corrected chi connectivity index (χ0v) is 6.66. The molecule has 1 unspecified atom stereocenters. The molecule has 0 aromatic heterocycles. The summed E-state index contributed by atoms with van der Waals surface area (Å²) in [5.74, 6) is -0.709. The number of carbonyl (C=O) groups excluding carboxylic acids is 1. The molecule has 0 aliphatic rings. The van der Waals surface area contributed by atoms with Gasteiger partial charge in [0.2, 0.25) is 0 Å². The maximum Gasteiger partial charge on any atom is 0.255 e. The molecule has 3 heteroatoms. The van der Waals surface area contributed by atoms with Crippen LogP contribution in [-0.4, -0.2) is 11.9 Å². The molecule has 12 heavy (non-hydrogen) atoms. The summed E-state index contributed by atoms with van der Waals surface area (Å²) in [6.07, 6.45) is 0.448. The van der Waals surface area contributed by atoms with Crippen LogP contribution in [-0.2, 0) is 11.2 Å². The lowest BCUT2D eigenvalue weighted by atomic mass is 10.1. The first-order valence-corrected chi connectivity index (χ1v) is 3.75. The van der Waals surface area contributed by atoms with E-state index in [0.717, 1.165) is 5.56 Å². The smallest absolute Gasteiger partial charge is 0.255 e. The summed E-state index contributed by atoms with van der Waals surface area (Å²) in [6, 6.07) is 8.77. The Bertz CT molecular complexity index is 258. The lowest BCUT2D eigenvalue weighted by Gasteiger charge is -2.05. The maximum absolute atomic E-state index is 10.5. The van der Waals surface area contributed by atoms with Crippen LogP contribution in [0.1, 0.15) is 5.56 Å². The molecule has 0 bridgehead atoms. The Morgan fingerprint density at radius 1 is 1.42 bits per heavy atom. The summed E-state index contributed by atoms with van der Waals surface area (Å²) in [7, 11) is 0. The second kappa shape index (κ2) is 3.88. The van der Waals surface area contributed by atoms with Crippen LogP contribution in [0, 0.1) is 0 Å². The minimum absolute atomic E-state index is 0.448. The molecule has 0 saturated heterocycles. The Hall–Kier alpha value is -1.35. The van der Waals surface area contributed by atoms with E-state index in [0.29, 0.717) is 6.42 Å². The molecule has 63 valence electrons. The third kappa shape index (κ3) is 2.36. The molecular formula is C9H11N2O. The van der Waals surface area contributed by atoms with E-state index in [-0.39, 0.29) is 0 Å². The fourth-order valence-corrected chi connectivity index (χ4v) is 0.961. The minimum Gasteiger partial charge on any atom is -0.320 e. The number of carbonyl (C=O) groups is 1. The van der Waals surface area contributed by atoms with Gasteiger partial charge in [0.25, 0.3) is 5.91 Å². The fraction of sp³-hybridized carbons (Fsp3) is 0.222. The van der Waals surface area contributed by atoms with Crippen LogP contribution < -0.4 is 11.5 Å². The molecule has 0 heterocycles. The van der Waals surface area contributed by atoms with Gasteiger partial charge in [-0.2, -0.15) is 0 Å². The van der Waals surface area contributed by atoms with Crippen LogP contribution in [0.25, 0.3) is 0 Å². The van der Waals surface area contributed by atoms with Crippen LogP contribution in [0.5, 0.6) is 0 Å². The highest BCUT2D eigenvalue weighted by Gasteiger charge is 2.09. The minimum atomic E-state index is -0.709. The summed E-state index contributed by atoms with van der Waals surface area (Å²) in [5.41, 5.74) is 13.2. The Kier molecular flexibility index (Phi) is 2.82. The second-order valence-electron chi connectivity index (χ2n) is 2.66. The number of rotatable bonds is 3. The molecule has 1 atom stereocenters. The first-order chi connectivity index (χ1) is 5.70. The predicted molar refractivity (Wildman–Crippen MR) is 46.2 cm³/mol. The normalized spacial score (nSPS) is 12.4. The summed E-state index contributed by atoms with van der Waals surface area (Å²) in [5, 5.41) is 0. The van der Waals surface area contributed by atoms with Crippen LogP contribution >= 0.6 is 0 Å². The van der Waals surface area contributed by atoms with Crippen molar-refractivity contribution in [3.63, 3.8) is 0 Å². The summed E-state index contributed by atoms with van der Waals surface area (Å²) in [4.78, 5) is 10.5. The van der Waals surface area contributed by atoms with E-state index in [9.17, 15) is 4.79 Å². The molecule has 1 aromatic rings. The van der Waals surface area contributed by atoms with Gasteiger partial charge in [-0.3, -0.25) is 10.5 Å². The average molecular weight is 163 g/mol. The number of benzene rings is 1. The molecule has 0 fully saturated rings. The Morgan fingerprint density at radius 2 is 2.00 bits per heavy atom. The Labute approximate surface area is 71.4 Å². The van der Waals surface area contributed by atoms with Gasteiger partial charge in [0, 0.05) is 0 Å². The number of nitrogens with one attached hydrogen (secondary N) is 1. The molecule has 1 radical (unpaired) electrons. The van der Waals surface area contributed by atoms with Crippen molar-refractivity contribution in [3.05, 3.63) is 35.9 Å². The van der Waals surface area contributed by atoms with Crippen molar-refractivity contribution >= 4 is 5.91 Å². The summed E-state index contributed by atoms with van der Waals surface area (Å²) >= 11 is 0. The quantitative estimate of drug-likeness (QED) is 0.699. The molecule has 3 N–H and O–H groups in total. The molecule has 0 aliphatic heterocycles. The zero-order valence-electron chi connectivity index (χ0n) is 6.66. The lowest BCUT2D eigenvalue weighted by Crippen LogP contribution is -2.33. The largest absolute Gasteiger partial charge is 0.320 e. The van der Waals surface area contributed by atoms with Gasteiger partial charge in [-0.25, -0.2) is 0 Å². The Morgan fingerprint density at radius 3 is 2.50 bits per heavy atom. The molecule has 0 spiro atoms. The van der Waals surface area contributed by atoms with E-state index in [1.807, 2.05) is 30.3 Å². The number of hydrogen-bond donors (Lipinski definition) is 1. The lowest BCUT2D eigenvalue weighted by molar-refractivity contribution is -0.119. The van der Waals surface area contributed by atoms with Crippen molar-refractivity contribution in [3.8, 4) is 0 Å². The first-order valence-electron chi connectivity index (χ1n) is 3.75. The number of nitrogens with two attached hydrogens (primary N) is 1. The fourth-order valence-electron chi connectivity index (χ4n) is 0.961. The van der Waals surface area contributed by atoms with Gasteiger partial charge in [-0.15, -0.1) is 0 Å². The number of amides is 1. The highest BCUT2D eigenvalue weighted by atomic mass is 16.1. The van der Waals surface area contributed by atoms with E-state index in [4.69, 9.17) is 11.5 Å². The monoisotopic (exact) mass is 163 g/mol. The van der Waals surface area contributed by atoms with Crippen LogP contribution in [0.2, 0.25) is 0 Å². The van der Waals surface area contributed by atoms with E-state index >= 15 is 0 Å². The van der Waals surface area contributed by atoms with Crippen LogP contribution in [0.3, 0.4) is 0 Å². The van der Waals surface area contributed by atoms with Crippen molar-refractivity contribution < 1.29 is 4.79 Å².